The van der Waals surface area contributed by atoms with Gasteiger partial charge in [0.2, 0.25) is 0 Å². The van der Waals surface area contributed by atoms with Crippen LogP contribution in [0.25, 0.3) is 0 Å². The standard InChI is InChI=1S/C22H28O/c1-5-7-20-12-17(4)21(13-16(20)3)15-18(6-2)14-19-8-10-22(23)11-9-19/h6,8-13,23H,5,7,14-15H2,1-4H3/b18-6-. The number of rotatable bonds is 6. The third-order valence-corrected chi connectivity index (χ3v) is 4.51. The Kier molecular flexibility index (Phi) is 6.04. The zero-order chi connectivity index (χ0) is 16.8. The predicted molar refractivity (Wildman–Crippen MR) is 99.2 cm³/mol. The van der Waals surface area contributed by atoms with Gasteiger partial charge in [-0.15, -0.1) is 0 Å². The zero-order valence-electron chi connectivity index (χ0n) is 14.8. The van der Waals surface area contributed by atoms with Crippen molar-refractivity contribution in [3.63, 3.8) is 0 Å². The quantitative estimate of drug-likeness (QED) is 0.679. The number of aryl methyl sites for hydroxylation is 3. The SMILES string of the molecule is C/C=C(/Cc1ccc(O)cc1)Cc1cc(C)c(CCC)cc1C. The van der Waals surface area contributed by atoms with Crippen LogP contribution in [-0.4, -0.2) is 5.11 Å². The molecule has 0 bridgehead atoms. The molecule has 0 fully saturated rings. The van der Waals surface area contributed by atoms with Gasteiger partial charge in [-0.25, -0.2) is 0 Å². The fourth-order valence-corrected chi connectivity index (χ4v) is 3.05. The Morgan fingerprint density at radius 2 is 1.57 bits per heavy atom. The summed E-state index contributed by atoms with van der Waals surface area (Å²) in [6, 6.07) is 12.3. The average Bonchev–Trinajstić information content (AvgIpc) is 2.53. The van der Waals surface area contributed by atoms with Crippen LogP contribution in [0.3, 0.4) is 0 Å². The summed E-state index contributed by atoms with van der Waals surface area (Å²) in [7, 11) is 0. The first kappa shape index (κ1) is 17.3. The third kappa shape index (κ3) is 4.72. The van der Waals surface area contributed by atoms with E-state index in [-0.39, 0.29) is 0 Å². The van der Waals surface area contributed by atoms with E-state index in [0.717, 1.165) is 19.3 Å². The molecule has 1 heteroatoms. The highest BCUT2D eigenvalue weighted by atomic mass is 16.3. The maximum Gasteiger partial charge on any atom is 0.115 e. The van der Waals surface area contributed by atoms with Gasteiger partial charge in [-0.1, -0.05) is 49.3 Å². The van der Waals surface area contributed by atoms with Crippen molar-refractivity contribution in [3.05, 3.63) is 75.9 Å². The van der Waals surface area contributed by atoms with Crippen LogP contribution in [0, 0.1) is 13.8 Å². The Bertz CT molecular complexity index is 678. The first-order valence-electron chi connectivity index (χ1n) is 8.54. The summed E-state index contributed by atoms with van der Waals surface area (Å²) in [6.45, 7) is 8.80. The zero-order valence-corrected chi connectivity index (χ0v) is 14.8. The Morgan fingerprint density at radius 3 is 2.17 bits per heavy atom. The number of hydrogen-bond donors (Lipinski definition) is 1. The molecule has 122 valence electrons. The van der Waals surface area contributed by atoms with E-state index in [2.05, 4.69) is 45.9 Å². The maximum atomic E-state index is 9.41. The number of aromatic hydroxyl groups is 1. The van der Waals surface area contributed by atoms with Crippen molar-refractivity contribution in [2.45, 2.75) is 53.4 Å². The minimum Gasteiger partial charge on any atom is -0.508 e. The van der Waals surface area contributed by atoms with Crippen molar-refractivity contribution in [1.82, 2.24) is 0 Å². The molecule has 1 N–H and O–H groups in total. The van der Waals surface area contributed by atoms with Crippen molar-refractivity contribution in [2.75, 3.05) is 0 Å². The number of phenolic OH excluding ortho intramolecular Hbond substituents is 1. The average molecular weight is 308 g/mol. The fraction of sp³-hybridized carbons (Fsp3) is 0.364. The fourth-order valence-electron chi connectivity index (χ4n) is 3.05. The molecule has 0 radical (unpaired) electrons. The van der Waals surface area contributed by atoms with Gasteiger partial charge >= 0.3 is 0 Å². The Balaban J connectivity index is 2.16. The lowest BCUT2D eigenvalue weighted by Gasteiger charge is -2.14. The van der Waals surface area contributed by atoms with Crippen molar-refractivity contribution in [3.8, 4) is 5.75 Å². The van der Waals surface area contributed by atoms with Gasteiger partial charge in [0.05, 0.1) is 0 Å². The van der Waals surface area contributed by atoms with E-state index in [9.17, 15) is 5.11 Å². The molecule has 0 aliphatic rings. The molecular weight excluding hydrogens is 280 g/mol. The van der Waals surface area contributed by atoms with E-state index >= 15 is 0 Å². The van der Waals surface area contributed by atoms with Gasteiger partial charge in [0.1, 0.15) is 5.75 Å². The molecule has 0 heterocycles. The number of phenols is 1. The molecule has 0 saturated carbocycles. The summed E-state index contributed by atoms with van der Waals surface area (Å²) in [4.78, 5) is 0. The number of hydrogen-bond acceptors (Lipinski definition) is 1. The number of benzene rings is 2. The lowest BCUT2D eigenvalue weighted by atomic mass is 9.91. The molecule has 2 rings (SSSR count). The van der Waals surface area contributed by atoms with Crippen LogP contribution in [0.1, 0.15) is 48.1 Å². The lowest BCUT2D eigenvalue weighted by Crippen LogP contribution is -2.00. The van der Waals surface area contributed by atoms with Crippen LogP contribution in [0.4, 0.5) is 0 Å². The Morgan fingerprint density at radius 1 is 0.957 bits per heavy atom. The largest absolute Gasteiger partial charge is 0.508 e. The second kappa shape index (κ2) is 8.01. The topological polar surface area (TPSA) is 20.2 Å². The minimum atomic E-state index is 0.328. The monoisotopic (exact) mass is 308 g/mol. The molecule has 0 aromatic heterocycles. The van der Waals surface area contributed by atoms with Crippen LogP contribution < -0.4 is 0 Å². The van der Waals surface area contributed by atoms with E-state index in [1.165, 1.54) is 39.8 Å². The first-order valence-corrected chi connectivity index (χ1v) is 8.54. The molecular formula is C22H28O. The molecule has 2 aromatic carbocycles. The Labute approximate surface area is 140 Å². The molecule has 0 spiro atoms. The van der Waals surface area contributed by atoms with Crippen molar-refractivity contribution in [2.24, 2.45) is 0 Å². The number of allylic oxidation sites excluding steroid dienone is 2. The molecule has 1 nitrogen and oxygen atoms in total. The smallest absolute Gasteiger partial charge is 0.115 e. The highest BCUT2D eigenvalue weighted by molar-refractivity contribution is 5.40. The predicted octanol–water partition coefficient (Wildman–Crippen LogP) is 5.69. The molecule has 0 saturated heterocycles. The molecule has 0 aliphatic heterocycles. The summed E-state index contributed by atoms with van der Waals surface area (Å²) in [5.41, 5.74) is 8.37. The van der Waals surface area contributed by atoms with Crippen LogP contribution in [0.2, 0.25) is 0 Å². The van der Waals surface area contributed by atoms with E-state index in [4.69, 9.17) is 0 Å². The van der Waals surface area contributed by atoms with Gasteiger partial charge in [0, 0.05) is 0 Å². The third-order valence-electron chi connectivity index (χ3n) is 4.51. The second-order valence-corrected chi connectivity index (χ2v) is 6.42. The van der Waals surface area contributed by atoms with Gasteiger partial charge in [0.25, 0.3) is 0 Å². The first-order chi connectivity index (χ1) is 11.0. The molecule has 0 amide bonds. The summed E-state index contributed by atoms with van der Waals surface area (Å²) >= 11 is 0. The minimum absolute atomic E-state index is 0.328. The summed E-state index contributed by atoms with van der Waals surface area (Å²) < 4.78 is 0. The Hall–Kier alpha value is -2.02. The van der Waals surface area contributed by atoms with E-state index < -0.39 is 0 Å². The highest BCUT2D eigenvalue weighted by Crippen LogP contribution is 2.22. The van der Waals surface area contributed by atoms with Crippen LogP contribution >= 0.6 is 0 Å². The normalized spacial score (nSPS) is 11.7. The van der Waals surface area contributed by atoms with E-state index in [1.54, 1.807) is 12.1 Å². The molecule has 0 atom stereocenters. The van der Waals surface area contributed by atoms with Crippen LogP contribution in [-0.2, 0) is 19.3 Å². The lowest BCUT2D eigenvalue weighted by molar-refractivity contribution is 0.475. The van der Waals surface area contributed by atoms with Crippen molar-refractivity contribution < 1.29 is 5.11 Å². The van der Waals surface area contributed by atoms with Crippen LogP contribution in [0.15, 0.2) is 48.0 Å². The van der Waals surface area contributed by atoms with Crippen LogP contribution in [0.5, 0.6) is 5.75 Å². The van der Waals surface area contributed by atoms with Gasteiger partial charge in [0.15, 0.2) is 0 Å². The summed E-state index contributed by atoms with van der Waals surface area (Å²) in [5.74, 6) is 0.328. The second-order valence-electron chi connectivity index (χ2n) is 6.42. The molecule has 0 aliphatic carbocycles. The van der Waals surface area contributed by atoms with Gasteiger partial charge < -0.3 is 5.11 Å². The van der Waals surface area contributed by atoms with Gasteiger partial charge in [-0.3, -0.25) is 0 Å². The molecule has 0 unspecified atom stereocenters. The highest BCUT2D eigenvalue weighted by Gasteiger charge is 2.07. The van der Waals surface area contributed by atoms with E-state index in [0.29, 0.717) is 5.75 Å². The maximum absolute atomic E-state index is 9.41. The van der Waals surface area contributed by atoms with Crippen molar-refractivity contribution >= 4 is 0 Å². The molecule has 23 heavy (non-hydrogen) atoms. The summed E-state index contributed by atoms with van der Waals surface area (Å²) in [6.07, 6.45) is 6.52. The van der Waals surface area contributed by atoms with Gasteiger partial charge in [-0.05, 0) is 80.0 Å². The van der Waals surface area contributed by atoms with Crippen molar-refractivity contribution in [1.29, 1.82) is 0 Å². The van der Waals surface area contributed by atoms with E-state index in [1.807, 2.05) is 12.1 Å². The van der Waals surface area contributed by atoms with Gasteiger partial charge in [-0.2, -0.15) is 0 Å². The summed E-state index contributed by atoms with van der Waals surface area (Å²) in [5, 5.41) is 9.41. The molecule has 2 aromatic rings.